The maximum Gasteiger partial charge on any atom is 0.410 e. The van der Waals surface area contributed by atoms with Gasteiger partial charge in [-0.2, -0.15) is 0 Å². The summed E-state index contributed by atoms with van der Waals surface area (Å²) in [6, 6.07) is 10.2. The van der Waals surface area contributed by atoms with Crippen LogP contribution in [0.15, 0.2) is 36.4 Å². The molecule has 1 aliphatic rings. The molecule has 4 rings (SSSR count). The summed E-state index contributed by atoms with van der Waals surface area (Å²) >= 11 is 5.80. The third-order valence-electron chi connectivity index (χ3n) is 5.03. The van der Waals surface area contributed by atoms with Gasteiger partial charge >= 0.3 is 6.09 Å². The first kappa shape index (κ1) is 20.2. The number of hydrogen-bond acceptors (Lipinski definition) is 3. The molecule has 0 fully saturated rings. The van der Waals surface area contributed by atoms with Crippen molar-refractivity contribution in [2.75, 3.05) is 13.2 Å². The van der Waals surface area contributed by atoms with Crippen LogP contribution in [0, 0.1) is 17.7 Å². The van der Waals surface area contributed by atoms with Gasteiger partial charge in [-0.15, -0.1) is 0 Å². The fourth-order valence-corrected chi connectivity index (χ4v) is 3.57. The van der Waals surface area contributed by atoms with Gasteiger partial charge in [-0.25, -0.2) is 14.2 Å². The second kappa shape index (κ2) is 8.76. The van der Waals surface area contributed by atoms with E-state index >= 15 is 0 Å². The highest BCUT2D eigenvalue weighted by Crippen LogP contribution is 2.24. The second-order valence-electron chi connectivity index (χ2n) is 7.12. The maximum absolute atomic E-state index is 14.0. The second-order valence-corrected chi connectivity index (χ2v) is 7.55. The number of hydrogen-bond donors (Lipinski definition) is 0. The Morgan fingerprint density at radius 1 is 1.23 bits per heavy atom. The van der Waals surface area contributed by atoms with Crippen molar-refractivity contribution in [1.82, 2.24) is 14.5 Å². The Morgan fingerprint density at radius 2 is 2.07 bits per heavy atom. The number of unbranched alkanes of at least 4 members (excludes halogenated alkanes) is 1. The van der Waals surface area contributed by atoms with Gasteiger partial charge in [-0.1, -0.05) is 42.9 Å². The number of fused-ring (bicyclic) bond motifs is 3. The van der Waals surface area contributed by atoms with E-state index in [0.29, 0.717) is 36.8 Å². The molecule has 1 amide bonds. The number of carbonyl (C=O) groups excluding carboxylic acids is 1. The molecule has 154 valence electrons. The Bertz CT molecular complexity index is 1160. The van der Waals surface area contributed by atoms with Gasteiger partial charge in [0.2, 0.25) is 0 Å². The number of para-hydroxylation sites is 1. The van der Waals surface area contributed by atoms with E-state index in [1.165, 1.54) is 6.07 Å². The first-order valence-electron chi connectivity index (χ1n) is 9.93. The number of amides is 1. The Morgan fingerprint density at radius 3 is 2.87 bits per heavy atom. The molecule has 0 saturated carbocycles. The monoisotopic (exact) mass is 425 g/mol. The van der Waals surface area contributed by atoms with Gasteiger partial charge in [0.1, 0.15) is 17.2 Å². The fourth-order valence-electron chi connectivity index (χ4n) is 3.41. The Balaban J connectivity index is 1.61. The number of rotatable bonds is 3. The molecule has 0 unspecified atom stereocenters. The maximum atomic E-state index is 14.0. The van der Waals surface area contributed by atoms with Crippen LogP contribution in [0.3, 0.4) is 0 Å². The van der Waals surface area contributed by atoms with Gasteiger partial charge in [-0.3, -0.25) is 4.90 Å². The molecule has 1 aromatic heterocycles. The van der Waals surface area contributed by atoms with Crippen LogP contribution in [0.5, 0.6) is 0 Å². The van der Waals surface area contributed by atoms with Gasteiger partial charge in [0.25, 0.3) is 0 Å². The molecule has 3 aromatic rings. The van der Waals surface area contributed by atoms with E-state index in [-0.39, 0.29) is 11.7 Å². The number of ether oxygens (including phenoxy) is 1. The van der Waals surface area contributed by atoms with Gasteiger partial charge in [0.15, 0.2) is 0 Å². The number of nitrogens with zero attached hydrogens (tertiary/aromatic N) is 3. The first-order valence-corrected chi connectivity index (χ1v) is 10.3. The predicted octanol–water partition coefficient (Wildman–Crippen LogP) is 4.98. The SMILES string of the molecule is CCCCOC(=O)N1CCn2c(nc3c(C#Cc4ccc(Cl)cc4F)cccc32)C1. The molecular weight excluding hydrogens is 405 g/mol. The lowest BCUT2D eigenvalue weighted by molar-refractivity contribution is 0.0911. The van der Waals surface area contributed by atoms with Crippen LogP contribution in [0.2, 0.25) is 5.02 Å². The van der Waals surface area contributed by atoms with Gasteiger partial charge in [0.05, 0.1) is 29.8 Å². The summed E-state index contributed by atoms with van der Waals surface area (Å²) in [4.78, 5) is 18.7. The molecule has 2 heterocycles. The van der Waals surface area contributed by atoms with Crippen LogP contribution in [-0.2, 0) is 17.8 Å². The summed E-state index contributed by atoms with van der Waals surface area (Å²) in [6.45, 7) is 4.08. The molecule has 7 heteroatoms. The Hall–Kier alpha value is -3.04. The topological polar surface area (TPSA) is 47.4 Å². The van der Waals surface area contributed by atoms with Gasteiger partial charge < -0.3 is 9.30 Å². The number of carbonyl (C=O) groups is 1. The molecule has 30 heavy (non-hydrogen) atoms. The summed E-state index contributed by atoms with van der Waals surface area (Å²) in [5.74, 6) is 6.23. The zero-order chi connectivity index (χ0) is 21.1. The molecule has 0 spiro atoms. The molecule has 5 nitrogen and oxygen atoms in total. The molecule has 0 atom stereocenters. The lowest BCUT2D eigenvalue weighted by Crippen LogP contribution is -2.38. The highest BCUT2D eigenvalue weighted by atomic mass is 35.5. The van der Waals surface area contributed by atoms with Crippen molar-refractivity contribution >= 4 is 28.7 Å². The van der Waals surface area contributed by atoms with E-state index in [2.05, 4.69) is 23.3 Å². The summed E-state index contributed by atoms with van der Waals surface area (Å²) in [6.07, 6.45) is 1.53. The van der Waals surface area contributed by atoms with E-state index in [0.717, 1.165) is 29.7 Å². The van der Waals surface area contributed by atoms with Crippen molar-refractivity contribution in [3.8, 4) is 11.8 Å². The van der Waals surface area contributed by atoms with Crippen LogP contribution in [0.25, 0.3) is 11.0 Å². The van der Waals surface area contributed by atoms with Gasteiger partial charge in [-0.05, 0) is 36.8 Å². The third kappa shape index (κ3) is 4.12. The molecular formula is C23H21ClFN3O2. The van der Waals surface area contributed by atoms with E-state index in [1.54, 1.807) is 17.0 Å². The minimum Gasteiger partial charge on any atom is -0.449 e. The Kier molecular flexibility index (Phi) is 5.91. The number of imidazole rings is 1. The van der Waals surface area contributed by atoms with Crippen molar-refractivity contribution in [2.45, 2.75) is 32.9 Å². The average molecular weight is 426 g/mol. The van der Waals surface area contributed by atoms with Crippen LogP contribution in [0.4, 0.5) is 9.18 Å². The van der Waals surface area contributed by atoms with Crippen LogP contribution in [0.1, 0.15) is 36.7 Å². The molecule has 0 saturated heterocycles. The normalized spacial score (nSPS) is 13.0. The molecule has 0 radical (unpaired) electrons. The highest BCUT2D eigenvalue weighted by Gasteiger charge is 2.25. The Labute approximate surface area is 179 Å². The third-order valence-corrected chi connectivity index (χ3v) is 5.26. The minimum atomic E-state index is -0.455. The molecule has 0 aliphatic carbocycles. The van der Waals surface area contributed by atoms with Crippen LogP contribution < -0.4 is 0 Å². The van der Waals surface area contributed by atoms with Crippen LogP contribution in [-0.4, -0.2) is 33.7 Å². The summed E-state index contributed by atoms with van der Waals surface area (Å²) in [5.41, 5.74) is 2.69. The van der Waals surface area contributed by atoms with Crippen molar-refractivity contribution in [1.29, 1.82) is 0 Å². The largest absolute Gasteiger partial charge is 0.449 e. The quantitative estimate of drug-likeness (QED) is 0.439. The predicted molar refractivity (Wildman–Crippen MR) is 114 cm³/mol. The van der Waals surface area contributed by atoms with Crippen molar-refractivity contribution in [2.24, 2.45) is 0 Å². The van der Waals surface area contributed by atoms with E-state index in [1.807, 2.05) is 18.2 Å². The standard InChI is InChI=1S/C23H21ClFN3O2/c1-2-3-13-30-23(29)27-11-12-28-20-6-4-5-17(22(20)26-21(28)15-27)8-7-16-9-10-18(24)14-19(16)25/h4-6,9-10,14H,2-3,11-13,15H2,1H3. The number of benzene rings is 2. The average Bonchev–Trinajstić information content (AvgIpc) is 3.12. The smallest absolute Gasteiger partial charge is 0.410 e. The first-order chi connectivity index (χ1) is 14.6. The van der Waals surface area contributed by atoms with Crippen molar-refractivity contribution in [3.63, 3.8) is 0 Å². The lowest BCUT2D eigenvalue weighted by atomic mass is 10.1. The summed E-state index contributed by atoms with van der Waals surface area (Å²) in [5, 5.41) is 0.333. The number of aromatic nitrogens is 2. The molecule has 1 aliphatic heterocycles. The molecule has 2 aromatic carbocycles. The lowest BCUT2D eigenvalue weighted by Gasteiger charge is -2.27. The van der Waals surface area contributed by atoms with E-state index in [4.69, 9.17) is 21.3 Å². The summed E-state index contributed by atoms with van der Waals surface area (Å²) in [7, 11) is 0. The van der Waals surface area contributed by atoms with Crippen molar-refractivity contribution < 1.29 is 13.9 Å². The highest BCUT2D eigenvalue weighted by molar-refractivity contribution is 6.30. The van der Waals surface area contributed by atoms with Crippen LogP contribution >= 0.6 is 11.6 Å². The zero-order valence-corrected chi connectivity index (χ0v) is 17.4. The molecule has 0 bridgehead atoms. The van der Waals surface area contributed by atoms with Gasteiger partial charge in [0, 0.05) is 18.1 Å². The number of halogens is 2. The van der Waals surface area contributed by atoms with E-state index < -0.39 is 5.82 Å². The molecule has 0 N–H and O–H groups in total. The minimum absolute atomic E-state index is 0.279. The summed E-state index contributed by atoms with van der Waals surface area (Å²) < 4.78 is 21.4. The van der Waals surface area contributed by atoms with E-state index in [9.17, 15) is 9.18 Å². The fraction of sp³-hybridized carbons (Fsp3) is 0.304. The van der Waals surface area contributed by atoms with Crippen molar-refractivity contribution in [3.05, 3.63) is 64.2 Å². The zero-order valence-electron chi connectivity index (χ0n) is 16.6.